The Kier molecular flexibility index (Phi) is 9.28. The molecule has 0 radical (unpaired) electrons. The van der Waals surface area contributed by atoms with Crippen molar-refractivity contribution < 1.29 is 14.3 Å². The van der Waals surface area contributed by atoms with Crippen LogP contribution in [-0.2, 0) is 24.4 Å². The molecule has 0 saturated carbocycles. The van der Waals surface area contributed by atoms with E-state index in [1.54, 1.807) is 19.3 Å². The Balaban J connectivity index is 1.77. The van der Waals surface area contributed by atoms with Gasteiger partial charge >= 0.3 is 0 Å². The van der Waals surface area contributed by atoms with Gasteiger partial charge in [0.05, 0.1) is 11.6 Å². The van der Waals surface area contributed by atoms with Gasteiger partial charge in [0.2, 0.25) is 0 Å². The number of rotatable bonds is 10. The Morgan fingerprint density at radius 1 is 1.14 bits per heavy atom. The first-order chi connectivity index (χ1) is 16.9. The number of ether oxygens (including phenoxy) is 2. The lowest BCUT2D eigenvalue weighted by Gasteiger charge is -2.14. The second-order valence-electron chi connectivity index (χ2n) is 7.96. The van der Waals surface area contributed by atoms with Gasteiger partial charge in [0.25, 0.3) is 5.91 Å². The molecule has 0 aliphatic heterocycles. The largest absolute Gasteiger partial charge is 0.497 e. The lowest BCUT2D eigenvalue weighted by Crippen LogP contribution is -2.23. The zero-order valence-corrected chi connectivity index (χ0v) is 21.4. The van der Waals surface area contributed by atoms with E-state index in [0.717, 1.165) is 26.9 Å². The number of hydrogen-bond acceptors (Lipinski definition) is 4. The third-order valence-corrected chi connectivity index (χ3v) is 5.85. The van der Waals surface area contributed by atoms with E-state index in [0.29, 0.717) is 30.9 Å². The van der Waals surface area contributed by atoms with Crippen molar-refractivity contribution in [2.75, 3.05) is 7.11 Å². The minimum Gasteiger partial charge on any atom is -0.497 e. The van der Waals surface area contributed by atoms with Crippen molar-refractivity contribution in [3.8, 4) is 17.6 Å². The van der Waals surface area contributed by atoms with Crippen molar-refractivity contribution in [3.63, 3.8) is 0 Å². The first kappa shape index (κ1) is 25.8. The highest BCUT2D eigenvalue weighted by molar-refractivity contribution is 9.10. The van der Waals surface area contributed by atoms with Crippen LogP contribution in [0.15, 0.2) is 83.4 Å². The Labute approximate surface area is 214 Å². The summed E-state index contributed by atoms with van der Waals surface area (Å²) in [6.45, 7) is 6.62. The van der Waals surface area contributed by atoms with Gasteiger partial charge in [0, 0.05) is 6.54 Å². The van der Waals surface area contributed by atoms with Crippen LogP contribution in [0, 0.1) is 18.3 Å². The van der Waals surface area contributed by atoms with E-state index in [9.17, 15) is 10.1 Å². The minimum absolute atomic E-state index is 0.0170. The smallest absolute Gasteiger partial charge is 0.262 e. The maximum atomic E-state index is 12.6. The normalized spacial score (nSPS) is 10.9. The van der Waals surface area contributed by atoms with Gasteiger partial charge in [0.15, 0.2) is 0 Å². The van der Waals surface area contributed by atoms with E-state index < -0.39 is 5.91 Å². The fourth-order valence-corrected chi connectivity index (χ4v) is 4.15. The van der Waals surface area contributed by atoms with E-state index in [2.05, 4.69) is 33.9 Å². The second kappa shape index (κ2) is 12.6. The van der Waals surface area contributed by atoms with Crippen molar-refractivity contribution in [2.45, 2.75) is 26.5 Å². The van der Waals surface area contributed by atoms with E-state index in [1.165, 1.54) is 5.56 Å². The monoisotopic (exact) mass is 530 g/mol. The molecule has 3 rings (SSSR count). The standard InChI is InChI=1S/C29H27BrN2O3/c1-4-6-24-14-23(16-27(30)28(24)35-19-22-8-5-7-20(2)13-22)15-25(17-31)29(33)32-18-21-9-11-26(34-3)12-10-21/h4-5,7-16H,1,6,18-19H2,2-3H3,(H,32,33)/b25-15-. The van der Waals surface area contributed by atoms with Gasteiger partial charge in [-0.25, -0.2) is 0 Å². The molecule has 0 saturated heterocycles. The van der Waals surface area contributed by atoms with E-state index >= 15 is 0 Å². The molecule has 6 heteroatoms. The number of halogens is 1. The molecule has 0 aromatic heterocycles. The molecule has 35 heavy (non-hydrogen) atoms. The molecule has 0 atom stereocenters. The number of carbonyl (C=O) groups is 1. The number of amides is 1. The van der Waals surface area contributed by atoms with Crippen molar-refractivity contribution in [1.82, 2.24) is 5.32 Å². The Morgan fingerprint density at radius 2 is 1.91 bits per heavy atom. The van der Waals surface area contributed by atoms with E-state index in [1.807, 2.05) is 67.6 Å². The third-order valence-electron chi connectivity index (χ3n) is 5.26. The number of allylic oxidation sites excluding steroid dienone is 1. The van der Waals surface area contributed by atoms with Crippen molar-refractivity contribution in [2.24, 2.45) is 0 Å². The highest BCUT2D eigenvalue weighted by Gasteiger charge is 2.13. The van der Waals surface area contributed by atoms with Crippen LogP contribution in [0.1, 0.15) is 27.8 Å². The van der Waals surface area contributed by atoms with Crippen LogP contribution >= 0.6 is 15.9 Å². The zero-order chi connectivity index (χ0) is 25.2. The average Bonchev–Trinajstić information content (AvgIpc) is 2.86. The number of nitrogens with one attached hydrogen (secondary N) is 1. The molecule has 0 aliphatic rings. The zero-order valence-electron chi connectivity index (χ0n) is 19.8. The van der Waals surface area contributed by atoms with Gasteiger partial charge in [-0.05, 0) is 81.9 Å². The molecule has 0 aliphatic carbocycles. The molecule has 178 valence electrons. The molecule has 1 amide bonds. The number of nitrogens with zero attached hydrogens (tertiary/aromatic N) is 1. The SMILES string of the molecule is C=CCc1cc(/C=C(/C#N)C(=O)NCc2ccc(OC)cc2)cc(Br)c1OCc1cccc(C)c1. The number of aryl methyl sites for hydroxylation is 1. The molecular weight excluding hydrogens is 504 g/mol. The molecule has 0 heterocycles. The van der Waals surface area contributed by atoms with Crippen LogP contribution in [-0.4, -0.2) is 13.0 Å². The van der Waals surface area contributed by atoms with Gasteiger partial charge in [-0.15, -0.1) is 6.58 Å². The summed E-state index contributed by atoms with van der Waals surface area (Å²) < 4.78 is 12.0. The van der Waals surface area contributed by atoms with Crippen LogP contribution in [0.5, 0.6) is 11.5 Å². The van der Waals surface area contributed by atoms with Crippen molar-refractivity contribution in [1.29, 1.82) is 5.26 Å². The summed E-state index contributed by atoms with van der Waals surface area (Å²) in [6, 6.07) is 21.3. The van der Waals surface area contributed by atoms with Crippen molar-refractivity contribution in [3.05, 3.63) is 111 Å². The number of methoxy groups -OCH3 is 1. The van der Waals surface area contributed by atoms with Crippen LogP contribution in [0.3, 0.4) is 0 Å². The summed E-state index contributed by atoms with van der Waals surface area (Å²) >= 11 is 3.60. The fourth-order valence-electron chi connectivity index (χ4n) is 3.52. The topological polar surface area (TPSA) is 71.4 Å². The summed E-state index contributed by atoms with van der Waals surface area (Å²) in [7, 11) is 1.60. The first-order valence-corrected chi connectivity index (χ1v) is 11.9. The minimum atomic E-state index is -0.440. The lowest BCUT2D eigenvalue weighted by molar-refractivity contribution is -0.117. The maximum absolute atomic E-state index is 12.6. The number of carbonyl (C=O) groups excluding carboxylic acids is 1. The molecule has 3 aromatic rings. The molecule has 3 aromatic carbocycles. The van der Waals surface area contributed by atoms with Gasteiger partial charge in [-0.1, -0.05) is 48.0 Å². The predicted molar refractivity (Wildman–Crippen MR) is 142 cm³/mol. The van der Waals surface area contributed by atoms with Gasteiger partial charge in [-0.2, -0.15) is 5.26 Å². The summed E-state index contributed by atoms with van der Waals surface area (Å²) in [5.74, 6) is 1.01. The van der Waals surface area contributed by atoms with Gasteiger partial charge < -0.3 is 14.8 Å². The maximum Gasteiger partial charge on any atom is 0.262 e. The highest BCUT2D eigenvalue weighted by Crippen LogP contribution is 2.33. The molecule has 1 N–H and O–H groups in total. The quantitative estimate of drug-likeness (QED) is 0.190. The molecule has 0 spiro atoms. The van der Waals surface area contributed by atoms with E-state index in [4.69, 9.17) is 9.47 Å². The fraction of sp³-hybridized carbons (Fsp3) is 0.172. The average molecular weight is 531 g/mol. The Hall–Kier alpha value is -3.82. The summed E-state index contributed by atoms with van der Waals surface area (Å²) in [6.07, 6.45) is 3.95. The van der Waals surface area contributed by atoms with Crippen LogP contribution in [0.2, 0.25) is 0 Å². The molecule has 5 nitrogen and oxygen atoms in total. The summed E-state index contributed by atoms with van der Waals surface area (Å²) in [5.41, 5.74) is 4.79. The summed E-state index contributed by atoms with van der Waals surface area (Å²) in [4.78, 5) is 12.6. The van der Waals surface area contributed by atoms with Crippen LogP contribution in [0.25, 0.3) is 6.08 Å². The van der Waals surface area contributed by atoms with Crippen LogP contribution in [0.4, 0.5) is 0 Å². The van der Waals surface area contributed by atoms with E-state index in [-0.39, 0.29) is 5.57 Å². The lowest BCUT2D eigenvalue weighted by atomic mass is 10.0. The van der Waals surface area contributed by atoms with Crippen molar-refractivity contribution >= 4 is 27.9 Å². The molecule has 0 unspecified atom stereocenters. The number of hydrogen-bond donors (Lipinski definition) is 1. The third kappa shape index (κ3) is 7.33. The Bertz CT molecular complexity index is 1270. The molecule has 0 fully saturated rings. The molecular formula is C29H27BrN2O3. The first-order valence-electron chi connectivity index (χ1n) is 11.1. The Morgan fingerprint density at radius 3 is 2.57 bits per heavy atom. The van der Waals surface area contributed by atoms with Gasteiger partial charge in [0.1, 0.15) is 29.7 Å². The summed E-state index contributed by atoms with van der Waals surface area (Å²) in [5, 5.41) is 12.4. The number of nitriles is 1. The van der Waals surface area contributed by atoms with Crippen LogP contribution < -0.4 is 14.8 Å². The van der Waals surface area contributed by atoms with Gasteiger partial charge in [-0.3, -0.25) is 4.79 Å². The highest BCUT2D eigenvalue weighted by atomic mass is 79.9. The number of benzene rings is 3. The predicted octanol–water partition coefficient (Wildman–Crippen LogP) is 6.30. The molecule has 0 bridgehead atoms. The second-order valence-corrected chi connectivity index (χ2v) is 8.82.